The van der Waals surface area contributed by atoms with Crippen LogP contribution < -0.4 is 4.80 Å². The van der Waals surface area contributed by atoms with E-state index in [1.165, 1.54) is 34.6 Å². The van der Waals surface area contributed by atoms with Gasteiger partial charge in [-0.2, -0.15) is 0 Å². The SMILES string of the molecule is CC(C)CCCC(C)n1c(-c2cccc3ccccc23)csc1=Nc1ccccc1[N+](=O)[O-]. The number of aromatic nitrogens is 1. The van der Waals surface area contributed by atoms with Crippen LogP contribution in [0.3, 0.4) is 0 Å². The van der Waals surface area contributed by atoms with Crippen LogP contribution in [-0.2, 0) is 0 Å². The number of para-hydroxylation sites is 2. The van der Waals surface area contributed by atoms with Crippen LogP contribution in [0.25, 0.3) is 22.0 Å². The Morgan fingerprint density at radius 2 is 1.70 bits per heavy atom. The minimum Gasteiger partial charge on any atom is -0.314 e. The third kappa shape index (κ3) is 5.06. The van der Waals surface area contributed by atoms with Gasteiger partial charge in [0.25, 0.3) is 5.69 Å². The minimum atomic E-state index is -0.367. The van der Waals surface area contributed by atoms with Gasteiger partial charge in [0.15, 0.2) is 4.80 Å². The first kappa shape index (κ1) is 22.9. The van der Waals surface area contributed by atoms with Gasteiger partial charge in [0.2, 0.25) is 0 Å². The maximum absolute atomic E-state index is 11.6. The van der Waals surface area contributed by atoms with Crippen molar-refractivity contribution in [2.45, 2.75) is 46.1 Å². The van der Waals surface area contributed by atoms with E-state index in [2.05, 4.69) is 73.2 Å². The summed E-state index contributed by atoms with van der Waals surface area (Å²) in [6.45, 7) is 6.72. The number of fused-ring (bicyclic) bond motifs is 1. The summed E-state index contributed by atoms with van der Waals surface area (Å²) < 4.78 is 2.27. The van der Waals surface area contributed by atoms with E-state index in [0.29, 0.717) is 11.6 Å². The number of rotatable bonds is 8. The average Bonchev–Trinajstić information content (AvgIpc) is 3.22. The largest absolute Gasteiger partial charge is 0.314 e. The molecule has 3 aromatic carbocycles. The Kier molecular flexibility index (Phi) is 7.04. The van der Waals surface area contributed by atoms with Crippen molar-refractivity contribution in [1.82, 2.24) is 4.57 Å². The Bertz CT molecular complexity index is 1330. The molecule has 0 fully saturated rings. The summed E-state index contributed by atoms with van der Waals surface area (Å²) in [4.78, 5) is 16.8. The lowest BCUT2D eigenvalue weighted by atomic mass is 10.0. The zero-order valence-electron chi connectivity index (χ0n) is 19.3. The van der Waals surface area contributed by atoms with E-state index in [0.717, 1.165) is 28.9 Å². The summed E-state index contributed by atoms with van der Waals surface area (Å²) in [5.74, 6) is 0.665. The van der Waals surface area contributed by atoms with Crippen molar-refractivity contribution in [1.29, 1.82) is 0 Å². The highest BCUT2D eigenvalue weighted by Gasteiger charge is 2.18. The molecular formula is C27H29N3O2S. The predicted molar refractivity (Wildman–Crippen MR) is 137 cm³/mol. The van der Waals surface area contributed by atoms with Crippen molar-refractivity contribution in [3.8, 4) is 11.3 Å². The van der Waals surface area contributed by atoms with Gasteiger partial charge in [-0.25, -0.2) is 4.99 Å². The van der Waals surface area contributed by atoms with Crippen molar-refractivity contribution in [2.75, 3.05) is 0 Å². The van der Waals surface area contributed by atoms with Gasteiger partial charge in [-0.15, -0.1) is 11.3 Å². The van der Waals surface area contributed by atoms with E-state index < -0.39 is 0 Å². The molecule has 5 nitrogen and oxygen atoms in total. The molecule has 0 aliphatic rings. The summed E-state index contributed by atoms with van der Waals surface area (Å²) in [7, 11) is 0. The fraction of sp³-hybridized carbons (Fsp3) is 0.296. The molecule has 1 heterocycles. The number of hydrogen-bond donors (Lipinski definition) is 0. The second kappa shape index (κ2) is 10.1. The van der Waals surface area contributed by atoms with Gasteiger partial charge in [0, 0.05) is 23.1 Å². The van der Waals surface area contributed by atoms with Gasteiger partial charge in [0.1, 0.15) is 5.69 Å². The van der Waals surface area contributed by atoms with Crippen LogP contribution >= 0.6 is 11.3 Å². The van der Waals surface area contributed by atoms with Crippen molar-refractivity contribution in [3.05, 3.63) is 87.0 Å². The lowest BCUT2D eigenvalue weighted by molar-refractivity contribution is -0.384. The van der Waals surface area contributed by atoms with Gasteiger partial charge < -0.3 is 4.57 Å². The monoisotopic (exact) mass is 459 g/mol. The molecule has 0 bridgehead atoms. The molecule has 0 saturated heterocycles. The summed E-state index contributed by atoms with van der Waals surface area (Å²) in [5.41, 5.74) is 2.67. The first-order valence-electron chi connectivity index (χ1n) is 11.4. The van der Waals surface area contributed by atoms with Gasteiger partial charge in [-0.1, -0.05) is 81.3 Å². The maximum atomic E-state index is 11.6. The van der Waals surface area contributed by atoms with Crippen LogP contribution in [0.15, 0.2) is 77.1 Å². The minimum absolute atomic E-state index is 0.0246. The first-order valence-corrected chi connectivity index (χ1v) is 12.3. The van der Waals surface area contributed by atoms with Crippen LogP contribution in [0.1, 0.15) is 46.1 Å². The fourth-order valence-electron chi connectivity index (χ4n) is 4.24. The van der Waals surface area contributed by atoms with Gasteiger partial charge in [-0.3, -0.25) is 10.1 Å². The standard InChI is InChI=1S/C27H29N3O2S/c1-19(2)10-8-11-20(3)29-26(23-15-9-13-21-12-4-5-14-22(21)23)18-33-27(29)28-24-16-6-7-17-25(24)30(31)32/h4-7,9,12-20H,8,10-11H2,1-3H3. The number of benzene rings is 3. The van der Waals surface area contributed by atoms with Crippen LogP contribution in [0.4, 0.5) is 11.4 Å². The predicted octanol–water partition coefficient (Wildman–Crippen LogP) is 7.90. The Hall–Kier alpha value is -3.25. The number of nitrogens with zero attached hydrogens (tertiary/aromatic N) is 3. The quantitative estimate of drug-likeness (QED) is 0.199. The van der Waals surface area contributed by atoms with E-state index >= 15 is 0 Å². The fourth-order valence-corrected chi connectivity index (χ4v) is 5.24. The molecule has 1 aromatic heterocycles. The second-order valence-corrected chi connectivity index (χ2v) is 9.67. The van der Waals surface area contributed by atoms with Gasteiger partial charge in [-0.05, 0) is 36.1 Å². The molecule has 0 amide bonds. The van der Waals surface area contributed by atoms with Crippen molar-refractivity contribution in [2.24, 2.45) is 10.9 Å². The molecule has 4 aromatic rings. The average molecular weight is 460 g/mol. The molecule has 0 spiro atoms. The molecule has 170 valence electrons. The number of thiazole rings is 1. The summed E-state index contributed by atoms with van der Waals surface area (Å²) in [5, 5.41) is 16.1. The van der Waals surface area contributed by atoms with Crippen molar-refractivity contribution in [3.63, 3.8) is 0 Å². The lowest BCUT2D eigenvalue weighted by Gasteiger charge is -2.19. The van der Waals surface area contributed by atoms with Crippen molar-refractivity contribution < 1.29 is 4.92 Å². The Labute approximate surface area is 198 Å². The topological polar surface area (TPSA) is 60.4 Å². The van der Waals surface area contributed by atoms with E-state index in [-0.39, 0.29) is 16.7 Å². The first-order chi connectivity index (χ1) is 16.0. The molecule has 0 aliphatic carbocycles. The normalized spacial score (nSPS) is 13.0. The molecule has 0 N–H and O–H groups in total. The number of hydrogen-bond acceptors (Lipinski definition) is 4. The Morgan fingerprint density at radius 3 is 2.48 bits per heavy atom. The van der Waals surface area contributed by atoms with Gasteiger partial charge in [0.05, 0.1) is 10.6 Å². The summed E-state index contributed by atoms with van der Waals surface area (Å²) in [6, 6.07) is 21.7. The lowest BCUT2D eigenvalue weighted by Crippen LogP contribution is -2.20. The van der Waals surface area contributed by atoms with Gasteiger partial charge >= 0.3 is 0 Å². The molecule has 0 radical (unpaired) electrons. The van der Waals surface area contributed by atoms with E-state index in [4.69, 9.17) is 4.99 Å². The number of nitro groups is 1. The molecule has 4 rings (SSSR count). The second-order valence-electron chi connectivity index (χ2n) is 8.83. The smallest absolute Gasteiger partial charge is 0.294 e. The summed E-state index contributed by atoms with van der Waals surface area (Å²) >= 11 is 1.54. The molecular weight excluding hydrogens is 430 g/mol. The highest BCUT2D eigenvalue weighted by atomic mass is 32.1. The maximum Gasteiger partial charge on any atom is 0.294 e. The van der Waals surface area contributed by atoms with Crippen LogP contribution in [0.5, 0.6) is 0 Å². The summed E-state index contributed by atoms with van der Waals surface area (Å²) in [6.07, 6.45) is 3.33. The zero-order valence-corrected chi connectivity index (χ0v) is 20.1. The molecule has 0 aliphatic heterocycles. The van der Waals surface area contributed by atoms with Crippen molar-refractivity contribution >= 4 is 33.5 Å². The van der Waals surface area contributed by atoms with Crippen LogP contribution in [-0.4, -0.2) is 9.49 Å². The molecule has 33 heavy (non-hydrogen) atoms. The third-order valence-corrected chi connectivity index (χ3v) is 6.79. The van der Waals surface area contributed by atoms with Crippen LogP contribution in [0, 0.1) is 16.0 Å². The Balaban J connectivity index is 1.88. The third-order valence-electron chi connectivity index (χ3n) is 5.95. The van der Waals surface area contributed by atoms with E-state index in [1.807, 2.05) is 0 Å². The molecule has 1 atom stereocenters. The highest BCUT2D eigenvalue weighted by molar-refractivity contribution is 7.07. The number of nitro benzene ring substituents is 1. The molecule has 0 saturated carbocycles. The zero-order chi connectivity index (χ0) is 23.4. The highest BCUT2D eigenvalue weighted by Crippen LogP contribution is 2.33. The van der Waals surface area contributed by atoms with E-state index in [1.54, 1.807) is 18.2 Å². The van der Waals surface area contributed by atoms with E-state index in [9.17, 15) is 10.1 Å². The van der Waals surface area contributed by atoms with Crippen LogP contribution in [0.2, 0.25) is 0 Å². The Morgan fingerprint density at radius 1 is 0.970 bits per heavy atom. The molecule has 6 heteroatoms. The molecule has 1 unspecified atom stereocenters.